The van der Waals surface area contributed by atoms with Gasteiger partial charge >= 0.3 is 5.97 Å². The zero-order valence-electron chi connectivity index (χ0n) is 32.5. The molecule has 0 aliphatic rings. The van der Waals surface area contributed by atoms with Crippen LogP contribution >= 0.6 is 48.6 Å². The van der Waals surface area contributed by atoms with Crippen molar-refractivity contribution >= 4 is 115 Å². The minimum absolute atomic E-state index is 0. The van der Waals surface area contributed by atoms with E-state index in [1.54, 1.807) is 13.8 Å². The molecule has 0 aliphatic carbocycles. The Morgan fingerprint density at radius 2 is 0.789 bits per heavy atom. The van der Waals surface area contributed by atoms with E-state index in [2.05, 4.69) is 51.9 Å². The third-order valence-electron chi connectivity index (χ3n) is 7.76. The number of halogens is 1. The van der Waals surface area contributed by atoms with Gasteiger partial charge in [-0.3, -0.25) is 9.69 Å². The van der Waals surface area contributed by atoms with Gasteiger partial charge in [0.15, 0.2) is 0 Å². The van der Waals surface area contributed by atoms with Crippen LogP contribution in [0.25, 0.3) is 0 Å². The number of carboxylic acid groups (broad SMARTS) is 1. The number of aliphatic carboxylic acids is 1. The van der Waals surface area contributed by atoms with Crippen LogP contribution in [0.15, 0.2) is 170 Å². The van der Waals surface area contributed by atoms with Crippen LogP contribution in [0, 0.1) is 0 Å². The van der Waals surface area contributed by atoms with Crippen molar-refractivity contribution in [3.05, 3.63) is 170 Å². The molecule has 3 N–H and O–H groups in total. The first-order valence-electron chi connectivity index (χ1n) is 17.8. The van der Waals surface area contributed by atoms with Gasteiger partial charge in [0, 0.05) is 45.5 Å². The summed E-state index contributed by atoms with van der Waals surface area (Å²) in [5.74, 6) is -0.736. The lowest BCUT2D eigenvalue weighted by molar-refractivity contribution is -0.138. The van der Waals surface area contributed by atoms with Crippen LogP contribution in [0.3, 0.4) is 0 Å². The molecule has 0 unspecified atom stereocenters. The number of nitrogens with zero attached hydrogens (tertiary/aromatic N) is 2. The number of carbonyl (C=O) groups is 2. The number of rotatable bonds is 10. The molecule has 0 atom stereocenters. The maximum absolute atomic E-state index is 11.6. The topological polar surface area (TPSA) is 84.9 Å². The number of thioether (sulfide) groups is 1. The Kier molecular flexibility index (Phi) is 18.4. The van der Waals surface area contributed by atoms with Crippen LogP contribution in [0.1, 0.15) is 34.6 Å². The van der Waals surface area contributed by atoms with Crippen molar-refractivity contribution in [2.45, 2.75) is 39.4 Å². The number of para-hydroxylation sites is 4. The van der Waals surface area contributed by atoms with Gasteiger partial charge in [0.25, 0.3) is 0 Å². The van der Waals surface area contributed by atoms with E-state index in [4.69, 9.17) is 24.4 Å². The number of Topliss-reactive ketones (excluding diaryl/α,β-unsaturated/α-hetero) is 1. The number of hydrogen-bond donors (Lipinski definition) is 3. The summed E-state index contributed by atoms with van der Waals surface area (Å²) in [7, 11) is 0. The van der Waals surface area contributed by atoms with Gasteiger partial charge < -0.3 is 25.4 Å². The first-order chi connectivity index (χ1) is 26.8. The first-order valence-corrected chi connectivity index (χ1v) is 19.5. The highest BCUT2D eigenvalue weighted by molar-refractivity contribution is 8.24. The number of benzene rings is 6. The monoisotopic (exact) mass is 834 g/mol. The number of carbonyl (C=O) groups excluding carboxylic acids is 1. The summed E-state index contributed by atoms with van der Waals surface area (Å²) < 4.78 is -0.550. The van der Waals surface area contributed by atoms with E-state index in [-0.39, 0.29) is 18.2 Å². The number of nitrogens with one attached hydrogen (secondary N) is 2. The van der Waals surface area contributed by atoms with Gasteiger partial charge in [-0.25, -0.2) is 0 Å². The maximum atomic E-state index is 11.6. The lowest BCUT2D eigenvalue weighted by Gasteiger charge is -2.29. The van der Waals surface area contributed by atoms with E-state index < -0.39 is 10.7 Å². The van der Waals surface area contributed by atoms with Crippen molar-refractivity contribution in [2.24, 2.45) is 0 Å². The Balaban J connectivity index is 0.000000280. The Bertz CT molecular complexity index is 2150. The van der Waals surface area contributed by atoms with Gasteiger partial charge in [-0.2, -0.15) is 0 Å². The second kappa shape index (κ2) is 22.9. The molecule has 0 saturated carbocycles. The van der Waals surface area contributed by atoms with E-state index >= 15 is 0 Å². The molecule has 7 nitrogen and oxygen atoms in total. The molecular formula is C46H47ClN4O3S3. The Hall–Kier alpha value is -5.52. The van der Waals surface area contributed by atoms with Crippen LogP contribution in [-0.2, 0) is 9.59 Å². The number of ketones is 1. The highest BCUT2D eigenvalue weighted by Crippen LogP contribution is 2.35. The fourth-order valence-corrected chi connectivity index (χ4v) is 6.97. The molecule has 0 spiro atoms. The summed E-state index contributed by atoms with van der Waals surface area (Å²) >= 11 is 12.2. The predicted molar refractivity (Wildman–Crippen MR) is 253 cm³/mol. The summed E-state index contributed by atoms with van der Waals surface area (Å²) in [5, 5.41) is 16.2. The first kappa shape index (κ1) is 45.9. The van der Waals surface area contributed by atoms with Gasteiger partial charge in [-0.15, -0.1) is 12.4 Å². The molecule has 11 heteroatoms. The van der Waals surface area contributed by atoms with Crippen molar-refractivity contribution in [1.82, 2.24) is 0 Å². The molecule has 0 heterocycles. The van der Waals surface area contributed by atoms with Gasteiger partial charge in [0.1, 0.15) is 14.9 Å². The van der Waals surface area contributed by atoms with Gasteiger partial charge in [-0.1, -0.05) is 109 Å². The molecule has 0 radical (unpaired) electrons. The molecule has 6 rings (SSSR count). The highest BCUT2D eigenvalue weighted by Gasteiger charge is 2.32. The molecule has 6 aromatic rings. The van der Waals surface area contributed by atoms with E-state index in [1.807, 2.05) is 145 Å². The smallest absolute Gasteiger partial charge is 0.319 e. The highest BCUT2D eigenvalue weighted by atomic mass is 35.5. The zero-order valence-corrected chi connectivity index (χ0v) is 35.7. The zero-order chi connectivity index (χ0) is 40.5. The molecular weight excluding hydrogens is 788 g/mol. The molecule has 294 valence electrons. The van der Waals surface area contributed by atoms with E-state index in [0.717, 1.165) is 62.2 Å². The van der Waals surface area contributed by atoms with Crippen molar-refractivity contribution < 1.29 is 14.7 Å². The molecule has 0 bridgehead atoms. The van der Waals surface area contributed by atoms with Crippen LogP contribution in [0.2, 0.25) is 0 Å². The quantitative estimate of drug-likeness (QED) is 0.116. The maximum Gasteiger partial charge on any atom is 0.319 e. The number of anilines is 8. The summed E-state index contributed by atoms with van der Waals surface area (Å²) in [6.07, 6.45) is 0. The number of carboxylic acids is 1. The summed E-state index contributed by atoms with van der Waals surface area (Å²) in [5.41, 5.74) is 7.97. The number of thiocarbonyl (C=S) groups is 2. The normalized spacial score (nSPS) is 10.1. The second-order valence-corrected chi connectivity index (χ2v) is 15.9. The Labute approximate surface area is 357 Å². The summed E-state index contributed by atoms with van der Waals surface area (Å²) in [4.78, 5) is 25.8. The summed E-state index contributed by atoms with van der Waals surface area (Å²) in [6.45, 7) is 8.31. The van der Waals surface area contributed by atoms with Crippen LogP contribution in [0.4, 0.5) is 45.5 Å². The van der Waals surface area contributed by atoms with Crippen LogP contribution in [-0.4, -0.2) is 30.9 Å². The van der Waals surface area contributed by atoms with E-state index in [1.165, 1.54) is 13.8 Å². The Morgan fingerprint density at radius 3 is 1.12 bits per heavy atom. The van der Waals surface area contributed by atoms with Gasteiger partial charge in [0.05, 0.1) is 4.99 Å². The molecule has 0 aromatic heterocycles. The largest absolute Gasteiger partial charge is 0.480 e. The standard InChI is InChI=1S/C23H22N2O2S2.C20H18N2S.C3H6O.ClH/c1-23(2,21(26)27)29-22(28)25(19-11-7-4-8-12-19)20-15-13-18(14-16-20)24-17-9-5-3-6-10-17;1-16(23)22(19-10-6-3-7-11-19)20-14-12-18(13-15-20)21-17-8-4-2-5-9-17;1-3(2)4;/h3-16,24H,1-2H3,(H,26,27);2-15,21H,1H3;1-2H3;1H. The second-order valence-electron chi connectivity index (χ2n) is 13.0. The lowest BCUT2D eigenvalue weighted by atomic mass is 10.2. The average Bonchev–Trinajstić information content (AvgIpc) is 3.18. The van der Waals surface area contributed by atoms with Crippen molar-refractivity contribution in [3.8, 4) is 0 Å². The van der Waals surface area contributed by atoms with Crippen LogP contribution in [0.5, 0.6) is 0 Å². The molecule has 0 saturated heterocycles. The Morgan fingerprint density at radius 1 is 0.509 bits per heavy atom. The van der Waals surface area contributed by atoms with Crippen molar-refractivity contribution in [2.75, 3.05) is 20.4 Å². The van der Waals surface area contributed by atoms with Crippen molar-refractivity contribution in [1.29, 1.82) is 0 Å². The molecule has 6 aromatic carbocycles. The fourth-order valence-electron chi connectivity index (χ4n) is 5.10. The summed E-state index contributed by atoms with van der Waals surface area (Å²) in [6, 6.07) is 56.2. The third-order valence-corrected chi connectivity index (χ3v) is 9.42. The molecule has 0 fully saturated rings. The van der Waals surface area contributed by atoms with Gasteiger partial charge in [-0.05, 0) is 132 Å². The minimum atomic E-state index is -1.03. The fraction of sp³-hybridized carbons (Fsp3) is 0.130. The van der Waals surface area contributed by atoms with Crippen molar-refractivity contribution in [3.63, 3.8) is 0 Å². The van der Waals surface area contributed by atoms with Crippen LogP contribution < -0.4 is 20.4 Å². The minimum Gasteiger partial charge on any atom is -0.480 e. The average molecular weight is 836 g/mol. The molecule has 0 amide bonds. The van der Waals surface area contributed by atoms with Gasteiger partial charge in [0.2, 0.25) is 0 Å². The molecule has 57 heavy (non-hydrogen) atoms. The third kappa shape index (κ3) is 14.8. The van der Waals surface area contributed by atoms with E-state index in [9.17, 15) is 14.7 Å². The molecule has 0 aliphatic heterocycles. The number of hydrogen-bond acceptors (Lipinski definition) is 7. The lowest BCUT2D eigenvalue weighted by Crippen LogP contribution is -2.33. The SMILES string of the molecule is CC(=S)N(c1ccccc1)c1ccc(Nc2ccccc2)cc1.CC(C)(SC(=S)N(c1ccccc1)c1ccc(Nc2ccccc2)cc1)C(=O)O.CC(C)=O.Cl. The predicted octanol–water partition coefficient (Wildman–Crippen LogP) is 13.4. The van der Waals surface area contributed by atoms with E-state index in [0.29, 0.717) is 4.32 Å².